The van der Waals surface area contributed by atoms with Crippen LogP contribution in [0.5, 0.6) is 0 Å². The molecule has 1 fully saturated rings. The molecule has 3 nitrogen and oxygen atoms in total. The van der Waals surface area contributed by atoms with Crippen molar-refractivity contribution in [1.29, 1.82) is 0 Å². The Morgan fingerprint density at radius 3 is 2.43 bits per heavy atom. The lowest BCUT2D eigenvalue weighted by Gasteiger charge is -2.40. The van der Waals surface area contributed by atoms with Gasteiger partial charge in [-0.25, -0.2) is 0 Å². The van der Waals surface area contributed by atoms with E-state index >= 15 is 0 Å². The van der Waals surface area contributed by atoms with Gasteiger partial charge in [0.05, 0.1) is 7.11 Å². The predicted molar refractivity (Wildman–Crippen MR) is 58.8 cm³/mol. The molecular weight excluding hydrogens is 176 g/mol. The Hall–Kier alpha value is -0.120. The van der Waals surface area contributed by atoms with Gasteiger partial charge in [-0.1, -0.05) is 19.8 Å². The molecule has 1 aliphatic carbocycles. The Kier molecular flexibility index (Phi) is 4.35. The zero-order valence-electron chi connectivity index (χ0n) is 9.75. The minimum absolute atomic E-state index is 0.303. The van der Waals surface area contributed by atoms with Crippen molar-refractivity contribution in [2.45, 2.75) is 32.6 Å². The summed E-state index contributed by atoms with van der Waals surface area (Å²) in [5, 5.41) is 1.91. The van der Waals surface area contributed by atoms with Gasteiger partial charge in [-0.2, -0.15) is 5.06 Å². The predicted octanol–water partition coefficient (Wildman–Crippen LogP) is 1.63. The first kappa shape index (κ1) is 12.0. The molecule has 2 N–H and O–H groups in total. The van der Waals surface area contributed by atoms with Crippen molar-refractivity contribution in [3.63, 3.8) is 0 Å². The average molecular weight is 200 g/mol. The van der Waals surface area contributed by atoms with Crippen LogP contribution in [0.3, 0.4) is 0 Å². The fourth-order valence-corrected chi connectivity index (χ4v) is 2.34. The number of rotatable bonds is 4. The van der Waals surface area contributed by atoms with Crippen molar-refractivity contribution >= 4 is 0 Å². The lowest BCUT2D eigenvalue weighted by molar-refractivity contribution is -0.136. The van der Waals surface area contributed by atoms with E-state index in [0.29, 0.717) is 5.41 Å². The molecule has 84 valence electrons. The number of hydrogen-bond donors (Lipinski definition) is 1. The summed E-state index contributed by atoms with van der Waals surface area (Å²) in [6, 6.07) is 0. The lowest BCUT2D eigenvalue weighted by Crippen LogP contribution is -2.43. The van der Waals surface area contributed by atoms with E-state index in [1.807, 2.05) is 12.1 Å². The van der Waals surface area contributed by atoms with Gasteiger partial charge < -0.3 is 10.6 Å². The topological polar surface area (TPSA) is 38.5 Å². The lowest BCUT2D eigenvalue weighted by atomic mass is 9.71. The third-order valence-corrected chi connectivity index (χ3v) is 3.64. The molecular formula is C11H24N2O. The molecule has 0 aliphatic heterocycles. The fraction of sp³-hybridized carbons (Fsp3) is 1.00. The molecule has 0 heterocycles. The smallest absolute Gasteiger partial charge is 0.0575 e. The van der Waals surface area contributed by atoms with Gasteiger partial charge in [0.2, 0.25) is 0 Å². The van der Waals surface area contributed by atoms with E-state index in [2.05, 4.69) is 6.92 Å². The first-order chi connectivity index (χ1) is 6.62. The fourth-order valence-electron chi connectivity index (χ4n) is 2.34. The summed E-state index contributed by atoms with van der Waals surface area (Å²) in [4.78, 5) is 5.18. The van der Waals surface area contributed by atoms with E-state index in [1.165, 1.54) is 25.7 Å². The van der Waals surface area contributed by atoms with Crippen LogP contribution in [0.25, 0.3) is 0 Å². The molecule has 0 spiro atoms. The monoisotopic (exact) mass is 200 g/mol. The quantitative estimate of drug-likeness (QED) is 0.701. The van der Waals surface area contributed by atoms with Crippen molar-refractivity contribution in [2.75, 3.05) is 27.2 Å². The van der Waals surface area contributed by atoms with Gasteiger partial charge >= 0.3 is 0 Å². The molecule has 14 heavy (non-hydrogen) atoms. The number of hydroxylamine groups is 2. The molecule has 1 aliphatic rings. The molecule has 0 aromatic heterocycles. The standard InChI is InChI=1S/C11H24N2O/c1-10-4-6-11(8-12,7-5-10)9-13(2)14-3/h10H,4-9,12H2,1-3H3. The summed E-state index contributed by atoms with van der Waals surface area (Å²) in [6.45, 7) is 4.08. The highest BCUT2D eigenvalue weighted by atomic mass is 16.7. The van der Waals surface area contributed by atoms with Gasteiger partial charge in [0, 0.05) is 13.6 Å². The highest BCUT2D eigenvalue weighted by molar-refractivity contribution is 4.86. The summed E-state index contributed by atoms with van der Waals surface area (Å²) in [6.07, 6.45) is 5.13. The second kappa shape index (κ2) is 5.10. The Labute approximate surface area is 87.6 Å². The maximum Gasteiger partial charge on any atom is 0.0575 e. The van der Waals surface area contributed by atoms with E-state index in [9.17, 15) is 0 Å². The van der Waals surface area contributed by atoms with Crippen LogP contribution in [0.2, 0.25) is 0 Å². The third-order valence-electron chi connectivity index (χ3n) is 3.64. The van der Waals surface area contributed by atoms with Crippen LogP contribution in [0.4, 0.5) is 0 Å². The summed E-state index contributed by atoms with van der Waals surface area (Å²) in [5.74, 6) is 0.877. The molecule has 0 bridgehead atoms. The maximum absolute atomic E-state index is 5.90. The van der Waals surface area contributed by atoms with Crippen LogP contribution in [-0.4, -0.2) is 32.3 Å². The zero-order chi connectivity index (χ0) is 10.6. The first-order valence-electron chi connectivity index (χ1n) is 5.57. The van der Waals surface area contributed by atoms with Gasteiger partial charge in [-0.15, -0.1) is 0 Å². The number of nitrogens with zero attached hydrogens (tertiary/aromatic N) is 1. The van der Waals surface area contributed by atoms with Gasteiger partial charge in [0.15, 0.2) is 0 Å². The zero-order valence-corrected chi connectivity index (χ0v) is 9.75. The van der Waals surface area contributed by atoms with Crippen molar-refractivity contribution < 1.29 is 4.84 Å². The highest BCUT2D eigenvalue weighted by Gasteiger charge is 2.33. The van der Waals surface area contributed by atoms with Gasteiger partial charge in [-0.3, -0.25) is 0 Å². The molecule has 0 saturated heterocycles. The number of nitrogens with two attached hydrogens (primary N) is 1. The SMILES string of the molecule is CON(C)CC1(CN)CCC(C)CC1. The third kappa shape index (κ3) is 2.94. The van der Waals surface area contributed by atoms with Crippen molar-refractivity contribution in [3.8, 4) is 0 Å². The second-order valence-electron chi connectivity index (χ2n) is 4.86. The van der Waals surface area contributed by atoms with Crippen LogP contribution in [0.1, 0.15) is 32.6 Å². The molecule has 0 aromatic rings. The van der Waals surface area contributed by atoms with Crippen LogP contribution >= 0.6 is 0 Å². The Morgan fingerprint density at radius 1 is 1.43 bits per heavy atom. The maximum atomic E-state index is 5.90. The molecule has 0 amide bonds. The van der Waals surface area contributed by atoms with E-state index < -0.39 is 0 Å². The Bertz CT molecular complexity index is 165. The van der Waals surface area contributed by atoms with Crippen molar-refractivity contribution in [1.82, 2.24) is 5.06 Å². The summed E-state index contributed by atoms with van der Waals surface area (Å²) in [7, 11) is 3.70. The van der Waals surface area contributed by atoms with Crippen molar-refractivity contribution in [2.24, 2.45) is 17.1 Å². The minimum atomic E-state index is 0.303. The van der Waals surface area contributed by atoms with Gasteiger partial charge in [-0.05, 0) is 30.7 Å². The molecule has 1 rings (SSSR count). The molecule has 1 saturated carbocycles. The average Bonchev–Trinajstić information content (AvgIpc) is 2.22. The number of hydrogen-bond acceptors (Lipinski definition) is 3. The second-order valence-corrected chi connectivity index (χ2v) is 4.86. The largest absolute Gasteiger partial charge is 0.330 e. The normalized spacial score (nSPS) is 33.6. The minimum Gasteiger partial charge on any atom is -0.330 e. The van der Waals surface area contributed by atoms with E-state index in [4.69, 9.17) is 10.6 Å². The molecule has 0 radical (unpaired) electrons. The first-order valence-corrected chi connectivity index (χ1v) is 5.57. The molecule has 0 atom stereocenters. The van der Waals surface area contributed by atoms with Crippen LogP contribution in [0.15, 0.2) is 0 Å². The highest BCUT2D eigenvalue weighted by Crippen LogP contribution is 2.38. The van der Waals surface area contributed by atoms with Crippen molar-refractivity contribution in [3.05, 3.63) is 0 Å². The summed E-state index contributed by atoms with van der Waals surface area (Å²) < 4.78 is 0. The molecule has 0 aromatic carbocycles. The summed E-state index contributed by atoms with van der Waals surface area (Å²) >= 11 is 0. The van der Waals surface area contributed by atoms with E-state index in [1.54, 1.807) is 7.11 Å². The van der Waals surface area contributed by atoms with E-state index in [-0.39, 0.29) is 0 Å². The summed E-state index contributed by atoms with van der Waals surface area (Å²) in [5.41, 5.74) is 6.21. The van der Waals surface area contributed by atoms with Crippen LogP contribution in [0, 0.1) is 11.3 Å². The van der Waals surface area contributed by atoms with Crippen LogP contribution < -0.4 is 5.73 Å². The molecule has 3 heteroatoms. The van der Waals surface area contributed by atoms with Gasteiger partial charge in [0.1, 0.15) is 0 Å². The van der Waals surface area contributed by atoms with Crippen LogP contribution in [-0.2, 0) is 4.84 Å². The van der Waals surface area contributed by atoms with E-state index in [0.717, 1.165) is 19.0 Å². The molecule has 0 unspecified atom stereocenters. The van der Waals surface area contributed by atoms with Gasteiger partial charge in [0.25, 0.3) is 0 Å². The Morgan fingerprint density at radius 2 is 2.00 bits per heavy atom. The Balaban J connectivity index is 2.49.